The topological polar surface area (TPSA) is 149 Å². The number of unbranched alkanes of at least 4 members (excludes halogenated alkanes) is 1. The summed E-state index contributed by atoms with van der Waals surface area (Å²) in [6.45, 7) is 9.05. The Morgan fingerprint density at radius 1 is 1.29 bits per heavy atom. The fourth-order valence-electron chi connectivity index (χ4n) is 2.79. The summed E-state index contributed by atoms with van der Waals surface area (Å²) in [4.78, 5) is 12.5. The number of halogens is 1. The van der Waals surface area contributed by atoms with Crippen LogP contribution in [0.1, 0.15) is 44.1 Å². The van der Waals surface area contributed by atoms with E-state index < -0.39 is 11.6 Å². The molecule has 2 rings (SSSR count). The molecule has 0 bridgehead atoms. The molecule has 0 aliphatic rings. The summed E-state index contributed by atoms with van der Waals surface area (Å²) in [6.07, 6.45) is 1.53. The van der Waals surface area contributed by atoms with Crippen LogP contribution in [0.2, 0.25) is 0 Å². The van der Waals surface area contributed by atoms with Gasteiger partial charge in [0.15, 0.2) is 11.7 Å². The van der Waals surface area contributed by atoms with E-state index in [9.17, 15) is 4.79 Å². The van der Waals surface area contributed by atoms with Crippen molar-refractivity contribution in [2.24, 2.45) is 5.73 Å². The van der Waals surface area contributed by atoms with Gasteiger partial charge in [-0.05, 0) is 49.3 Å². The number of carbonyl (C=O) groups is 1. The minimum Gasteiger partial charge on any atom is -0.478 e. The Labute approximate surface area is 206 Å². The van der Waals surface area contributed by atoms with E-state index in [2.05, 4.69) is 32.7 Å². The van der Waals surface area contributed by atoms with Crippen LogP contribution in [0.4, 0.5) is 0 Å². The number of hydrogen-bond acceptors (Lipinski definition) is 9. The maximum Gasteiger partial charge on any atom is 0.240 e. The summed E-state index contributed by atoms with van der Waals surface area (Å²) in [5, 5.41) is 26.6. The lowest BCUT2D eigenvalue weighted by atomic mass is 10.1. The lowest BCUT2D eigenvalue weighted by molar-refractivity contribution is -0.126. The van der Waals surface area contributed by atoms with Gasteiger partial charge in [-0.3, -0.25) is 4.79 Å². The third-order valence-electron chi connectivity index (χ3n) is 4.64. The predicted molar refractivity (Wildman–Crippen MR) is 130 cm³/mol. The molecule has 34 heavy (non-hydrogen) atoms. The molecule has 1 aromatic heterocycles. The van der Waals surface area contributed by atoms with Gasteiger partial charge < -0.3 is 30.9 Å². The molecule has 1 amide bonds. The number of carbonyl (C=O) groups excluding carboxylic acids is 1. The number of ether oxygens (including phenoxy) is 2. The molecule has 0 saturated heterocycles. The molecule has 5 N–H and O–H groups in total. The second-order valence-corrected chi connectivity index (χ2v) is 8.14. The van der Waals surface area contributed by atoms with E-state index >= 15 is 0 Å². The SMILES string of the molecule is C=C(NCCCCO)OCCn1nnnc1[C@@H](COCc1ccccc1)NC(=O)C(C)(C)N.Cl. The van der Waals surface area contributed by atoms with Gasteiger partial charge in [0.25, 0.3) is 0 Å². The first-order valence-corrected chi connectivity index (χ1v) is 10.9. The first kappa shape index (κ1) is 29.3. The number of rotatable bonds is 16. The number of benzene rings is 1. The van der Waals surface area contributed by atoms with E-state index in [-0.39, 0.29) is 38.1 Å². The number of hydrogen-bond donors (Lipinski definition) is 4. The fourth-order valence-corrected chi connectivity index (χ4v) is 2.79. The van der Waals surface area contributed by atoms with Crippen LogP contribution in [0, 0.1) is 0 Å². The van der Waals surface area contributed by atoms with E-state index in [1.807, 2.05) is 30.3 Å². The van der Waals surface area contributed by atoms with Gasteiger partial charge in [0.2, 0.25) is 5.91 Å². The van der Waals surface area contributed by atoms with Gasteiger partial charge in [-0.15, -0.1) is 17.5 Å². The van der Waals surface area contributed by atoms with Crippen LogP contribution in [0.15, 0.2) is 42.8 Å². The third kappa shape index (κ3) is 10.5. The van der Waals surface area contributed by atoms with Gasteiger partial charge in [-0.25, -0.2) is 4.68 Å². The Balaban J connectivity index is 0.00000578. The monoisotopic (exact) mass is 497 g/mol. The standard InChI is InChI=1S/C22H35N7O4.ClH/c1-17(24-11-7-8-13-30)33-14-12-29-20(26-27-28-29)19(25-21(31)22(2,3)23)16-32-15-18-9-5-4-6-10-18;/h4-6,9-10,19,24,30H,1,7-8,11-16,23H2,2-3H3,(H,25,31);1H/t19-;/m1./s1. The number of aliphatic hydroxyl groups excluding tert-OH is 1. The molecule has 0 saturated carbocycles. The van der Waals surface area contributed by atoms with Crippen LogP contribution in [0.25, 0.3) is 0 Å². The van der Waals surface area contributed by atoms with Gasteiger partial charge in [0.1, 0.15) is 12.6 Å². The van der Waals surface area contributed by atoms with Crippen molar-refractivity contribution in [3.05, 3.63) is 54.2 Å². The highest BCUT2D eigenvalue weighted by atomic mass is 35.5. The maximum absolute atomic E-state index is 12.5. The van der Waals surface area contributed by atoms with Crippen LogP contribution < -0.4 is 16.4 Å². The number of aromatic nitrogens is 4. The summed E-state index contributed by atoms with van der Waals surface area (Å²) in [5.74, 6) is 0.524. The Kier molecular flexibility index (Phi) is 13.1. The highest BCUT2D eigenvalue weighted by Crippen LogP contribution is 2.13. The first-order valence-electron chi connectivity index (χ1n) is 10.9. The Morgan fingerprint density at radius 3 is 2.71 bits per heavy atom. The van der Waals surface area contributed by atoms with Gasteiger partial charge >= 0.3 is 0 Å². The summed E-state index contributed by atoms with van der Waals surface area (Å²) in [5.41, 5.74) is 5.89. The van der Waals surface area contributed by atoms with E-state index in [1.165, 1.54) is 0 Å². The molecule has 1 atom stereocenters. The normalized spacial score (nSPS) is 11.9. The molecular weight excluding hydrogens is 462 g/mol. The predicted octanol–water partition coefficient (Wildman–Crippen LogP) is 1.06. The molecule has 0 radical (unpaired) electrons. The zero-order valence-electron chi connectivity index (χ0n) is 19.8. The molecular formula is C22H36ClN7O4. The molecule has 0 aliphatic heterocycles. The van der Waals surface area contributed by atoms with Crippen molar-refractivity contribution in [1.82, 2.24) is 30.8 Å². The molecule has 0 spiro atoms. The first-order chi connectivity index (χ1) is 15.8. The largest absolute Gasteiger partial charge is 0.478 e. The van der Waals surface area contributed by atoms with Gasteiger partial charge in [0, 0.05) is 13.2 Å². The number of amides is 1. The second kappa shape index (κ2) is 15.2. The maximum atomic E-state index is 12.5. The minimum atomic E-state index is -1.07. The van der Waals surface area contributed by atoms with Crippen molar-refractivity contribution in [2.75, 3.05) is 26.4 Å². The number of nitrogens with zero attached hydrogens (tertiary/aromatic N) is 4. The van der Waals surface area contributed by atoms with Crippen molar-refractivity contribution < 1.29 is 19.4 Å². The molecule has 190 valence electrons. The Hall–Kier alpha value is -2.73. The minimum absolute atomic E-state index is 0. The van der Waals surface area contributed by atoms with Gasteiger partial charge in [-0.1, -0.05) is 30.3 Å². The van der Waals surface area contributed by atoms with E-state index in [0.29, 0.717) is 37.8 Å². The van der Waals surface area contributed by atoms with Crippen molar-refractivity contribution in [3.8, 4) is 0 Å². The number of nitrogens with one attached hydrogen (secondary N) is 2. The van der Waals surface area contributed by atoms with Crippen molar-refractivity contribution in [1.29, 1.82) is 0 Å². The summed E-state index contributed by atoms with van der Waals surface area (Å²) in [6, 6.07) is 9.13. The summed E-state index contributed by atoms with van der Waals surface area (Å²) < 4.78 is 13.0. The lowest BCUT2D eigenvalue weighted by Crippen LogP contribution is -2.51. The van der Waals surface area contributed by atoms with Gasteiger partial charge in [-0.2, -0.15) is 0 Å². The molecule has 11 nitrogen and oxygen atoms in total. The second-order valence-electron chi connectivity index (χ2n) is 8.14. The molecule has 1 aromatic carbocycles. The third-order valence-corrected chi connectivity index (χ3v) is 4.64. The Bertz CT molecular complexity index is 858. The molecule has 0 fully saturated rings. The molecule has 2 aromatic rings. The zero-order valence-corrected chi connectivity index (χ0v) is 20.6. The van der Waals surface area contributed by atoms with Crippen LogP contribution in [-0.4, -0.2) is 63.1 Å². The smallest absolute Gasteiger partial charge is 0.240 e. The average molecular weight is 498 g/mol. The lowest BCUT2D eigenvalue weighted by Gasteiger charge is -2.24. The molecule has 12 heteroatoms. The molecule has 0 aliphatic carbocycles. The van der Waals surface area contributed by atoms with Crippen molar-refractivity contribution >= 4 is 18.3 Å². The quantitative estimate of drug-likeness (QED) is 0.197. The summed E-state index contributed by atoms with van der Waals surface area (Å²) >= 11 is 0. The highest BCUT2D eigenvalue weighted by Gasteiger charge is 2.28. The summed E-state index contributed by atoms with van der Waals surface area (Å²) in [7, 11) is 0. The fraction of sp³-hybridized carbons (Fsp3) is 0.545. The highest BCUT2D eigenvalue weighted by molar-refractivity contribution is 5.85. The van der Waals surface area contributed by atoms with Gasteiger partial charge in [0.05, 0.1) is 25.3 Å². The molecule has 0 unspecified atom stereocenters. The zero-order chi connectivity index (χ0) is 24.1. The van der Waals surface area contributed by atoms with Crippen LogP contribution in [-0.2, 0) is 27.4 Å². The van der Waals surface area contributed by atoms with Crippen molar-refractivity contribution in [2.45, 2.75) is 51.4 Å². The van der Waals surface area contributed by atoms with Crippen LogP contribution in [0.5, 0.6) is 0 Å². The number of nitrogens with two attached hydrogens (primary N) is 1. The van der Waals surface area contributed by atoms with E-state index in [0.717, 1.165) is 12.0 Å². The van der Waals surface area contributed by atoms with Crippen LogP contribution >= 0.6 is 12.4 Å². The van der Waals surface area contributed by atoms with Crippen molar-refractivity contribution in [3.63, 3.8) is 0 Å². The van der Waals surface area contributed by atoms with Crippen LogP contribution in [0.3, 0.4) is 0 Å². The van der Waals surface area contributed by atoms with E-state index in [4.69, 9.17) is 20.3 Å². The number of aliphatic hydroxyl groups is 1. The number of tetrazole rings is 1. The average Bonchev–Trinajstić information content (AvgIpc) is 3.24. The Morgan fingerprint density at radius 2 is 2.03 bits per heavy atom. The van der Waals surface area contributed by atoms with E-state index in [1.54, 1.807) is 18.5 Å². The molecule has 1 heterocycles.